The third-order valence-corrected chi connectivity index (χ3v) is 2.97. The number of rotatable bonds is 6. The Hall–Kier alpha value is -1.83. The Morgan fingerprint density at radius 2 is 2.00 bits per heavy atom. The van der Waals surface area contributed by atoms with Gasteiger partial charge in [0, 0.05) is 25.2 Å². The van der Waals surface area contributed by atoms with Crippen LogP contribution in [0.1, 0.15) is 32.2 Å². The molecule has 5 nitrogen and oxygen atoms in total. The number of hydrogen-bond acceptors (Lipinski definition) is 5. The molecule has 0 aromatic carbocycles. The summed E-state index contributed by atoms with van der Waals surface area (Å²) in [6, 6.07) is 2.27. The SMILES string of the molecule is CCNc1nc(C)nc(N(CC)CC(C)C#N)c1C. The van der Waals surface area contributed by atoms with E-state index >= 15 is 0 Å². The van der Waals surface area contributed by atoms with Crippen LogP contribution in [0.25, 0.3) is 0 Å². The van der Waals surface area contributed by atoms with E-state index in [1.165, 1.54) is 0 Å². The van der Waals surface area contributed by atoms with Crippen molar-refractivity contribution in [2.45, 2.75) is 34.6 Å². The topological polar surface area (TPSA) is 64.8 Å². The molecular formula is C14H23N5. The fraction of sp³-hybridized carbons (Fsp3) is 0.643. The van der Waals surface area contributed by atoms with Gasteiger partial charge in [-0.1, -0.05) is 0 Å². The van der Waals surface area contributed by atoms with Crippen LogP contribution in [0.2, 0.25) is 0 Å². The summed E-state index contributed by atoms with van der Waals surface area (Å²) in [4.78, 5) is 11.1. The van der Waals surface area contributed by atoms with Crippen LogP contribution in [0.5, 0.6) is 0 Å². The Bertz CT molecular complexity index is 464. The normalized spacial score (nSPS) is 11.8. The number of aromatic nitrogens is 2. The Morgan fingerprint density at radius 1 is 1.32 bits per heavy atom. The number of anilines is 2. The van der Waals surface area contributed by atoms with E-state index in [1.807, 2.05) is 27.7 Å². The van der Waals surface area contributed by atoms with Crippen molar-refractivity contribution in [1.29, 1.82) is 5.26 Å². The maximum Gasteiger partial charge on any atom is 0.137 e. The third-order valence-electron chi connectivity index (χ3n) is 2.97. The van der Waals surface area contributed by atoms with Crippen LogP contribution in [0.3, 0.4) is 0 Å². The minimum absolute atomic E-state index is 0.0165. The highest BCUT2D eigenvalue weighted by Crippen LogP contribution is 2.24. The fourth-order valence-corrected chi connectivity index (χ4v) is 2.00. The van der Waals surface area contributed by atoms with Crippen molar-refractivity contribution in [1.82, 2.24) is 9.97 Å². The van der Waals surface area contributed by atoms with Gasteiger partial charge in [0.1, 0.15) is 17.5 Å². The van der Waals surface area contributed by atoms with Crippen LogP contribution in [-0.2, 0) is 0 Å². The minimum atomic E-state index is -0.0165. The van der Waals surface area contributed by atoms with Gasteiger partial charge >= 0.3 is 0 Å². The molecule has 0 saturated carbocycles. The summed E-state index contributed by atoms with van der Waals surface area (Å²) < 4.78 is 0. The molecular weight excluding hydrogens is 238 g/mol. The molecule has 0 radical (unpaired) electrons. The molecule has 19 heavy (non-hydrogen) atoms. The molecule has 5 heteroatoms. The van der Waals surface area contributed by atoms with Gasteiger partial charge in [-0.25, -0.2) is 9.97 Å². The predicted octanol–water partition coefficient (Wildman–Crippen LogP) is 2.51. The van der Waals surface area contributed by atoms with Crippen LogP contribution in [0, 0.1) is 31.1 Å². The molecule has 1 unspecified atom stereocenters. The lowest BCUT2D eigenvalue weighted by molar-refractivity contribution is 0.675. The molecule has 0 aliphatic rings. The van der Waals surface area contributed by atoms with E-state index in [0.717, 1.165) is 36.1 Å². The molecule has 1 rings (SSSR count). The maximum atomic E-state index is 8.97. The molecule has 1 atom stereocenters. The lowest BCUT2D eigenvalue weighted by atomic mass is 10.2. The molecule has 0 spiro atoms. The highest BCUT2D eigenvalue weighted by Gasteiger charge is 2.16. The Kier molecular flexibility index (Phi) is 5.56. The molecule has 1 aromatic heterocycles. The lowest BCUT2D eigenvalue weighted by Gasteiger charge is -2.25. The fourth-order valence-electron chi connectivity index (χ4n) is 2.00. The molecule has 0 fully saturated rings. The van der Waals surface area contributed by atoms with Crippen molar-refractivity contribution in [3.8, 4) is 6.07 Å². The number of nitriles is 1. The molecule has 0 saturated heterocycles. The largest absolute Gasteiger partial charge is 0.370 e. The van der Waals surface area contributed by atoms with Crippen molar-refractivity contribution >= 4 is 11.6 Å². The first-order valence-corrected chi connectivity index (χ1v) is 6.77. The van der Waals surface area contributed by atoms with Crippen molar-refractivity contribution in [2.75, 3.05) is 29.9 Å². The van der Waals surface area contributed by atoms with Crippen molar-refractivity contribution in [3.05, 3.63) is 11.4 Å². The van der Waals surface area contributed by atoms with Crippen LogP contribution in [0.4, 0.5) is 11.6 Å². The second-order valence-electron chi connectivity index (χ2n) is 4.67. The second kappa shape index (κ2) is 6.93. The summed E-state index contributed by atoms with van der Waals surface area (Å²) in [6.45, 7) is 12.3. The Balaban J connectivity index is 3.13. The summed E-state index contributed by atoms with van der Waals surface area (Å²) in [5, 5.41) is 12.2. The van der Waals surface area contributed by atoms with E-state index in [0.29, 0.717) is 6.54 Å². The van der Waals surface area contributed by atoms with Crippen LogP contribution in [-0.4, -0.2) is 29.6 Å². The zero-order valence-electron chi connectivity index (χ0n) is 12.5. The Labute approximate surface area is 115 Å². The van der Waals surface area contributed by atoms with Gasteiger partial charge in [-0.05, 0) is 34.6 Å². The van der Waals surface area contributed by atoms with E-state index in [9.17, 15) is 0 Å². The van der Waals surface area contributed by atoms with Gasteiger partial charge in [0.2, 0.25) is 0 Å². The Morgan fingerprint density at radius 3 is 2.53 bits per heavy atom. The van der Waals surface area contributed by atoms with E-state index in [2.05, 4.69) is 33.2 Å². The maximum absolute atomic E-state index is 8.97. The standard InChI is InChI=1S/C14H23N5/c1-6-16-13-11(4)14(18-12(5)17-13)19(7-2)9-10(3)8-15/h10H,6-7,9H2,1-5H3,(H,16,17,18). The van der Waals surface area contributed by atoms with Gasteiger partial charge < -0.3 is 10.2 Å². The molecule has 0 amide bonds. The van der Waals surface area contributed by atoms with Crippen LogP contribution < -0.4 is 10.2 Å². The molecule has 1 heterocycles. The smallest absolute Gasteiger partial charge is 0.137 e. The molecule has 1 N–H and O–H groups in total. The summed E-state index contributed by atoms with van der Waals surface area (Å²) in [5.41, 5.74) is 1.04. The quantitative estimate of drug-likeness (QED) is 0.852. The van der Waals surface area contributed by atoms with Crippen molar-refractivity contribution < 1.29 is 0 Å². The molecule has 1 aromatic rings. The zero-order chi connectivity index (χ0) is 14.4. The molecule has 104 valence electrons. The van der Waals surface area contributed by atoms with E-state index in [1.54, 1.807) is 0 Å². The zero-order valence-corrected chi connectivity index (χ0v) is 12.5. The second-order valence-corrected chi connectivity index (χ2v) is 4.67. The first-order valence-electron chi connectivity index (χ1n) is 6.77. The highest BCUT2D eigenvalue weighted by molar-refractivity contribution is 5.58. The van der Waals surface area contributed by atoms with E-state index in [4.69, 9.17) is 5.26 Å². The number of nitrogens with one attached hydrogen (secondary N) is 1. The van der Waals surface area contributed by atoms with E-state index in [-0.39, 0.29) is 5.92 Å². The number of hydrogen-bond donors (Lipinski definition) is 1. The van der Waals surface area contributed by atoms with Crippen molar-refractivity contribution in [3.63, 3.8) is 0 Å². The van der Waals surface area contributed by atoms with Gasteiger partial charge in [0.05, 0.1) is 12.0 Å². The van der Waals surface area contributed by atoms with Gasteiger partial charge in [-0.15, -0.1) is 0 Å². The summed E-state index contributed by atoms with van der Waals surface area (Å²) in [6.07, 6.45) is 0. The third kappa shape index (κ3) is 3.82. The summed E-state index contributed by atoms with van der Waals surface area (Å²) >= 11 is 0. The predicted molar refractivity (Wildman–Crippen MR) is 78.3 cm³/mol. The van der Waals surface area contributed by atoms with Crippen LogP contribution in [0.15, 0.2) is 0 Å². The van der Waals surface area contributed by atoms with Gasteiger partial charge in [0.25, 0.3) is 0 Å². The van der Waals surface area contributed by atoms with Crippen molar-refractivity contribution in [2.24, 2.45) is 5.92 Å². The molecule has 0 bridgehead atoms. The number of nitrogens with zero attached hydrogens (tertiary/aromatic N) is 4. The number of aryl methyl sites for hydroxylation is 1. The van der Waals surface area contributed by atoms with Crippen LogP contribution >= 0.6 is 0 Å². The van der Waals surface area contributed by atoms with Gasteiger partial charge in [-0.3, -0.25) is 0 Å². The summed E-state index contributed by atoms with van der Waals surface area (Å²) in [5.74, 6) is 2.54. The molecule has 0 aliphatic heterocycles. The highest BCUT2D eigenvalue weighted by atomic mass is 15.2. The minimum Gasteiger partial charge on any atom is -0.370 e. The first kappa shape index (κ1) is 15.2. The lowest BCUT2D eigenvalue weighted by Crippen LogP contribution is -2.30. The first-order chi connectivity index (χ1) is 9.03. The average molecular weight is 261 g/mol. The van der Waals surface area contributed by atoms with Gasteiger partial charge in [0.15, 0.2) is 0 Å². The monoisotopic (exact) mass is 261 g/mol. The van der Waals surface area contributed by atoms with E-state index < -0.39 is 0 Å². The average Bonchev–Trinajstić information content (AvgIpc) is 2.40. The van der Waals surface area contributed by atoms with Gasteiger partial charge in [-0.2, -0.15) is 5.26 Å². The molecule has 0 aliphatic carbocycles. The summed E-state index contributed by atoms with van der Waals surface area (Å²) in [7, 11) is 0.